The van der Waals surface area contributed by atoms with Crippen molar-refractivity contribution in [2.24, 2.45) is 0 Å². The lowest BCUT2D eigenvalue weighted by atomic mass is 10.1. The van der Waals surface area contributed by atoms with Gasteiger partial charge in [-0.2, -0.15) is 0 Å². The topological polar surface area (TPSA) is 69.6 Å². The number of aliphatic hydroxyl groups is 1. The zero-order valence-corrected chi connectivity index (χ0v) is 13.2. The van der Waals surface area contributed by atoms with Crippen molar-refractivity contribution in [2.75, 3.05) is 31.1 Å². The van der Waals surface area contributed by atoms with E-state index >= 15 is 0 Å². The van der Waals surface area contributed by atoms with Crippen LogP contribution in [0.5, 0.6) is 0 Å². The summed E-state index contributed by atoms with van der Waals surface area (Å²) in [5.41, 5.74) is 0.496. The maximum absolute atomic E-state index is 12.6. The van der Waals surface area contributed by atoms with Crippen molar-refractivity contribution < 1.29 is 9.90 Å². The van der Waals surface area contributed by atoms with Gasteiger partial charge in [-0.05, 0) is 39.0 Å². The van der Waals surface area contributed by atoms with E-state index in [2.05, 4.69) is 14.9 Å². The Labute approximate surface area is 131 Å². The van der Waals surface area contributed by atoms with E-state index in [0.717, 1.165) is 57.7 Å². The minimum Gasteiger partial charge on any atom is -0.393 e. The molecule has 2 saturated heterocycles. The van der Waals surface area contributed by atoms with Crippen molar-refractivity contribution in [1.29, 1.82) is 0 Å². The van der Waals surface area contributed by atoms with Crippen molar-refractivity contribution in [2.45, 2.75) is 45.1 Å². The first-order valence-corrected chi connectivity index (χ1v) is 8.21. The molecule has 2 aliphatic heterocycles. The molecule has 1 amide bonds. The van der Waals surface area contributed by atoms with Gasteiger partial charge in [0.1, 0.15) is 17.3 Å². The number of aryl methyl sites for hydroxylation is 1. The predicted octanol–water partition coefficient (Wildman–Crippen LogP) is 1.37. The number of aromatic nitrogens is 2. The Kier molecular flexibility index (Phi) is 4.57. The van der Waals surface area contributed by atoms with Crippen LogP contribution in [0.25, 0.3) is 0 Å². The molecule has 0 bridgehead atoms. The van der Waals surface area contributed by atoms with Crippen molar-refractivity contribution in [1.82, 2.24) is 14.9 Å². The highest BCUT2D eigenvalue weighted by atomic mass is 16.3. The van der Waals surface area contributed by atoms with Gasteiger partial charge >= 0.3 is 0 Å². The molecule has 0 aliphatic carbocycles. The Morgan fingerprint density at radius 3 is 2.50 bits per heavy atom. The van der Waals surface area contributed by atoms with E-state index in [1.807, 2.05) is 17.9 Å². The molecule has 2 aliphatic rings. The summed E-state index contributed by atoms with van der Waals surface area (Å²) in [6.45, 7) is 5.03. The van der Waals surface area contributed by atoms with Crippen LogP contribution in [0.3, 0.4) is 0 Å². The number of anilines is 1. The van der Waals surface area contributed by atoms with E-state index in [9.17, 15) is 9.90 Å². The molecule has 0 aromatic carbocycles. The molecule has 1 aromatic heterocycles. The smallest absolute Gasteiger partial charge is 0.272 e. The number of likely N-dealkylation sites (tertiary alicyclic amines) is 1. The Hall–Kier alpha value is -1.69. The Balaban J connectivity index is 1.78. The lowest BCUT2D eigenvalue weighted by Gasteiger charge is -2.31. The van der Waals surface area contributed by atoms with Gasteiger partial charge in [-0.3, -0.25) is 4.79 Å². The summed E-state index contributed by atoms with van der Waals surface area (Å²) in [5, 5.41) is 9.62. The Morgan fingerprint density at radius 2 is 1.82 bits per heavy atom. The Morgan fingerprint density at radius 1 is 1.14 bits per heavy atom. The van der Waals surface area contributed by atoms with Crippen molar-refractivity contribution in [3.63, 3.8) is 0 Å². The van der Waals surface area contributed by atoms with Gasteiger partial charge in [0.05, 0.1) is 6.10 Å². The quantitative estimate of drug-likeness (QED) is 0.893. The third-order valence-electron chi connectivity index (χ3n) is 4.48. The average Bonchev–Trinajstić information content (AvgIpc) is 2.55. The highest BCUT2D eigenvalue weighted by Gasteiger charge is 2.23. The molecule has 6 heteroatoms. The summed E-state index contributed by atoms with van der Waals surface area (Å²) in [5.74, 6) is 1.45. The first kappa shape index (κ1) is 15.2. The summed E-state index contributed by atoms with van der Waals surface area (Å²) in [7, 11) is 0. The summed E-state index contributed by atoms with van der Waals surface area (Å²) >= 11 is 0. The normalized spacial score (nSPS) is 20.3. The third-order valence-corrected chi connectivity index (χ3v) is 4.48. The fourth-order valence-electron chi connectivity index (χ4n) is 3.18. The molecule has 3 rings (SSSR count). The van der Waals surface area contributed by atoms with Gasteiger partial charge in [0.15, 0.2) is 0 Å². The third kappa shape index (κ3) is 3.38. The summed E-state index contributed by atoms with van der Waals surface area (Å²) in [6.07, 6.45) is 4.64. The molecular weight excluding hydrogens is 280 g/mol. The standard InChI is InChI=1S/C16H24N4O2/c1-12-17-14(16(22)20-7-3-2-4-8-20)11-15(18-12)19-9-5-13(21)6-10-19/h11,13,21H,2-10H2,1H3. The number of rotatable bonds is 2. The molecule has 0 saturated carbocycles. The highest BCUT2D eigenvalue weighted by molar-refractivity contribution is 5.93. The number of carbonyl (C=O) groups excluding carboxylic acids is 1. The molecule has 0 unspecified atom stereocenters. The van der Waals surface area contributed by atoms with Gasteiger partial charge in [0.25, 0.3) is 5.91 Å². The molecule has 120 valence electrons. The second-order valence-electron chi connectivity index (χ2n) is 6.23. The summed E-state index contributed by atoms with van der Waals surface area (Å²) in [6, 6.07) is 1.81. The summed E-state index contributed by atoms with van der Waals surface area (Å²) < 4.78 is 0. The van der Waals surface area contributed by atoms with Crippen LogP contribution < -0.4 is 4.90 Å². The maximum Gasteiger partial charge on any atom is 0.272 e. The molecule has 0 spiro atoms. The minimum absolute atomic E-state index is 0.0171. The monoisotopic (exact) mass is 304 g/mol. The van der Waals surface area contributed by atoms with Crippen molar-refractivity contribution >= 4 is 11.7 Å². The lowest BCUT2D eigenvalue weighted by molar-refractivity contribution is 0.0718. The van der Waals surface area contributed by atoms with Crippen LogP contribution in [0.4, 0.5) is 5.82 Å². The largest absolute Gasteiger partial charge is 0.393 e. The van der Waals surface area contributed by atoms with Crippen LogP contribution in [0.2, 0.25) is 0 Å². The first-order chi connectivity index (χ1) is 10.6. The van der Waals surface area contributed by atoms with Crippen LogP contribution >= 0.6 is 0 Å². The molecule has 1 aromatic rings. The van der Waals surface area contributed by atoms with Gasteiger partial charge in [-0.15, -0.1) is 0 Å². The fourth-order valence-corrected chi connectivity index (χ4v) is 3.18. The lowest BCUT2D eigenvalue weighted by Crippen LogP contribution is -2.38. The van der Waals surface area contributed by atoms with Gasteiger partial charge in [-0.25, -0.2) is 9.97 Å². The number of amides is 1. The number of nitrogens with zero attached hydrogens (tertiary/aromatic N) is 4. The number of hydrogen-bond donors (Lipinski definition) is 1. The van der Waals surface area contributed by atoms with E-state index in [-0.39, 0.29) is 12.0 Å². The average molecular weight is 304 g/mol. The molecule has 2 fully saturated rings. The van der Waals surface area contributed by atoms with Crippen molar-refractivity contribution in [3.8, 4) is 0 Å². The van der Waals surface area contributed by atoms with Crippen LogP contribution in [-0.2, 0) is 0 Å². The number of piperidine rings is 2. The first-order valence-electron chi connectivity index (χ1n) is 8.21. The molecule has 6 nitrogen and oxygen atoms in total. The van der Waals surface area contributed by atoms with E-state index in [1.165, 1.54) is 6.42 Å². The zero-order valence-electron chi connectivity index (χ0n) is 13.2. The second-order valence-corrected chi connectivity index (χ2v) is 6.23. The van der Waals surface area contributed by atoms with Gasteiger partial charge in [-0.1, -0.05) is 0 Å². The summed E-state index contributed by atoms with van der Waals surface area (Å²) in [4.78, 5) is 25.5. The second kappa shape index (κ2) is 6.60. The number of aliphatic hydroxyl groups excluding tert-OH is 1. The van der Waals surface area contributed by atoms with Crippen LogP contribution in [0.15, 0.2) is 6.07 Å². The van der Waals surface area contributed by atoms with Crippen LogP contribution in [0, 0.1) is 6.92 Å². The zero-order chi connectivity index (χ0) is 15.5. The van der Waals surface area contributed by atoms with E-state index in [1.54, 1.807) is 0 Å². The molecule has 1 N–H and O–H groups in total. The van der Waals surface area contributed by atoms with E-state index in [0.29, 0.717) is 11.5 Å². The Bertz CT molecular complexity index is 535. The maximum atomic E-state index is 12.6. The van der Waals surface area contributed by atoms with E-state index in [4.69, 9.17) is 0 Å². The number of hydrogen-bond acceptors (Lipinski definition) is 5. The van der Waals surface area contributed by atoms with Crippen molar-refractivity contribution in [3.05, 3.63) is 17.6 Å². The predicted molar refractivity (Wildman–Crippen MR) is 84.0 cm³/mol. The molecular formula is C16H24N4O2. The van der Waals surface area contributed by atoms with Crippen LogP contribution in [0.1, 0.15) is 48.4 Å². The van der Waals surface area contributed by atoms with Gasteiger partial charge < -0.3 is 14.9 Å². The molecule has 22 heavy (non-hydrogen) atoms. The molecule has 3 heterocycles. The number of carbonyl (C=O) groups is 1. The van der Waals surface area contributed by atoms with Gasteiger partial charge in [0, 0.05) is 32.2 Å². The molecule has 0 atom stereocenters. The fraction of sp³-hybridized carbons (Fsp3) is 0.688. The van der Waals surface area contributed by atoms with Crippen LogP contribution in [-0.4, -0.2) is 58.2 Å². The van der Waals surface area contributed by atoms with E-state index < -0.39 is 0 Å². The van der Waals surface area contributed by atoms with Gasteiger partial charge in [0.2, 0.25) is 0 Å². The SMILES string of the molecule is Cc1nc(C(=O)N2CCCCC2)cc(N2CCC(O)CC2)n1. The highest BCUT2D eigenvalue weighted by Crippen LogP contribution is 2.20. The molecule has 0 radical (unpaired) electrons. The minimum atomic E-state index is -0.214.